The first kappa shape index (κ1) is 21.6. The van der Waals surface area contributed by atoms with Crippen LogP contribution >= 0.6 is 0 Å². The van der Waals surface area contributed by atoms with Crippen LogP contribution in [0.1, 0.15) is 55.3 Å². The molecule has 9 heteroatoms. The van der Waals surface area contributed by atoms with Crippen molar-refractivity contribution in [2.45, 2.75) is 57.3 Å². The van der Waals surface area contributed by atoms with Gasteiger partial charge in [0.2, 0.25) is 5.91 Å². The number of fused-ring (bicyclic) bond motifs is 2. The van der Waals surface area contributed by atoms with Crippen LogP contribution < -0.4 is 15.5 Å². The summed E-state index contributed by atoms with van der Waals surface area (Å²) in [6.45, 7) is 4.80. The van der Waals surface area contributed by atoms with Crippen molar-refractivity contribution < 1.29 is 14.0 Å². The number of nitrogens with one attached hydrogen (secondary N) is 2. The third-order valence-electron chi connectivity index (χ3n) is 9.08. The molecule has 2 aliphatic carbocycles. The monoisotopic (exact) mass is 478 g/mol. The number of aromatic nitrogens is 1. The summed E-state index contributed by atoms with van der Waals surface area (Å²) >= 11 is 0. The Labute approximate surface area is 205 Å². The molecule has 35 heavy (non-hydrogen) atoms. The third kappa shape index (κ3) is 3.71. The highest BCUT2D eigenvalue weighted by Gasteiger charge is 2.48. The second-order valence-corrected chi connectivity index (χ2v) is 11.3. The van der Waals surface area contributed by atoms with Crippen molar-refractivity contribution in [3.8, 4) is 0 Å². The van der Waals surface area contributed by atoms with Gasteiger partial charge in [0, 0.05) is 56.3 Å². The van der Waals surface area contributed by atoms with Crippen LogP contribution in [0.4, 0.5) is 6.01 Å². The number of rotatable bonds is 3. The molecule has 7 rings (SSSR count). The highest BCUT2D eigenvalue weighted by Crippen LogP contribution is 2.49. The number of anilines is 1. The molecule has 3 unspecified atom stereocenters. The zero-order valence-corrected chi connectivity index (χ0v) is 20.2. The van der Waals surface area contributed by atoms with E-state index in [0.717, 1.165) is 51.0 Å². The molecule has 2 N–H and O–H groups in total. The normalized spacial score (nSPS) is 30.5. The Kier molecular flexibility index (Phi) is 5.06. The number of carbonyl (C=O) groups is 2. The largest absolute Gasteiger partial charge is 0.423 e. The van der Waals surface area contributed by atoms with Crippen LogP contribution in [0.3, 0.4) is 0 Å². The first-order valence-electron chi connectivity index (χ1n) is 13.3. The zero-order valence-electron chi connectivity index (χ0n) is 20.2. The quantitative estimate of drug-likeness (QED) is 0.698. The van der Waals surface area contributed by atoms with Crippen LogP contribution in [0.25, 0.3) is 11.1 Å². The van der Waals surface area contributed by atoms with Crippen LogP contribution in [0.15, 0.2) is 22.6 Å². The minimum absolute atomic E-state index is 0.0230. The van der Waals surface area contributed by atoms with E-state index in [1.807, 2.05) is 23.1 Å². The molecule has 2 amide bonds. The Bertz CT molecular complexity index is 1140. The molecule has 1 spiro atoms. The van der Waals surface area contributed by atoms with Gasteiger partial charge in [0.1, 0.15) is 11.8 Å². The number of carbonyl (C=O) groups excluding carboxylic acids is 2. The number of amides is 2. The molecule has 1 aromatic carbocycles. The van der Waals surface area contributed by atoms with Crippen molar-refractivity contribution in [3.63, 3.8) is 0 Å². The van der Waals surface area contributed by atoms with E-state index in [2.05, 4.69) is 25.4 Å². The fourth-order valence-electron chi connectivity index (χ4n) is 6.77. The Morgan fingerprint density at radius 3 is 2.63 bits per heavy atom. The summed E-state index contributed by atoms with van der Waals surface area (Å²) in [5.41, 5.74) is 2.63. The van der Waals surface area contributed by atoms with E-state index in [1.165, 1.54) is 25.7 Å². The lowest BCUT2D eigenvalue weighted by molar-refractivity contribution is -0.134. The predicted molar refractivity (Wildman–Crippen MR) is 131 cm³/mol. The van der Waals surface area contributed by atoms with Crippen LogP contribution in [0.2, 0.25) is 0 Å². The highest BCUT2D eigenvalue weighted by molar-refractivity contribution is 5.97. The maximum Gasteiger partial charge on any atom is 0.298 e. The number of nitrogens with zero attached hydrogens (tertiary/aromatic N) is 4. The molecular formula is C26H34N6O3. The van der Waals surface area contributed by atoms with Crippen LogP contribution in [-0.4, -0.2) is 78.2 Å². The van der Waals surface area contributed by atoms with Gasteiger partial charge in [-0.25, -0.2) is 0 Å². The van der Waals surface area contributed by atoms with E-state index < -0.39 is 0 Å². The molecule has 4 heterocycles. The van der Waals surface area contributed by atoms with E-state index in [4.69, 9.17) is 4.42 Å². The molecule has 5 fully saturated rings. The lowest BCUT2D eigenvalue weighted by Crippen LogP contribution is -2.69. The first-order chi connectivity index (χ1) is 17.1. The highest BCUT2D eigenvalue weighted by atomic mass is 16.4. The van der Waals surface area contributed by atoms with Gasteiger partial charge in [-0.05, 0) is 43.9 Å². The molecule has 2 saturated carbocycles. The summed E-state index contributed by atoms with van der Waals surface area (Å²) < 4.78 is 6.05. The van der Waals surface area contributed by atoms with Crippen molar-refractivity contribution in [3.05, 3.63) is 23.8 Å². The second-order valence-electron chi connectivity index (χ2n) is 11.3. The minimum atomic E-state index is -0.136. The zero-order chi connectivity index (χ0) is 23.6. The van der Waals surface area contributed by atoms with Crippen LogP contribution in [0.5, 0.6) is 0 Å². The standard InChI is InChI=1S/C26H34N6O3/c33-22-18-4-1-2-5-19(18)27-24(29-22)31-12-10-30(11-13-31)23(34)17-6-7-20-21(14-17)35-25(28-20)32-15-26(16-32)8-3-9-26/h6-7,14,18-19,24,27H,1-5,8-13,15-16H2,(H,29,33). The van der Waals surface area contributed by atoms with E-state index in [9.17, 15) is 9.59 Å². The molecule has 3 atom stereocenters. The third-order valence-corrected chi connectivity index (χ3v) is 9.08. The first-order valence-corrected chi connectivity index (χ1v) is 13.3. The minimum Gasteiger partial charge on any atom is -0.423 e. The molecule has 3 saturated heterocycles. The van der Waals surface area contributed by atoms with Gasteiger partial charge in [0.15, 0.2) is 5.58 Å². The Morgan fingerprint density at radius 1 is 1.06 bits per heavy atom. The van der Waals surface area contributed by atoms with E-state index in [1.54, 1.807) is 0 Å². The van der Waals surface area contributed by atoms with Crippen LogP contribution in [0, 0.1) is 11.3 Å². The van der Waals surface area contributed by atoms with E-state index in [-0.39, 0.29) is 30.1 Å². The molecule has 186 valence electrons. The molecule has 0 bridgehead atoms. The van der Waals surface area contributed by atoms with E-state index >= 15 is 0 Å². The summed E-state index contributed by atoms with van der Waals surface area (Å²) in [5.74, 6) is 0.308. The molecule has 9 nitrogen and oxygen atoms in total. The van der Waals surface area contributed by atoms with Crippen LogP contribution in [-0.2, 0) is 4.79 Å². The summed E-state index contributed by atoms with van der Waals surface area (Å²) in [6, 6.07) is 6.55. The van der Waals surface area contributed by atoms with Gasteiger partial charge in [-0.15, -0.1) is 0 Å². The summed E-state index contributed by atoms with van der Waals surface area (Å²) in [6.07, 6.45) is 8.22. The summed E-state index contributed by atoms with van der Waals surface area (Å²) in [7, 11) is 0. The second kappa shape index (κ2) is 8.20. The Morgan fingerprint density at radius 2 is 1.86 bits per heavy atom. The Balaban J connectivity index is 0.979. The fraction of sp³-hybridized carbons (Fsp3) is 0.654. The lowest BCUT2D eigenvalue weighted by atomic mass is 9.64. The fourth-order valence-corrected chi connectivity index (χ4v) is 6.77. The van der Waals surface area contributed by atoms with Gasteiger partial charge in [0.05, 0.1) is 5.92 Å². The van der Waals surface area contributed by atoms with E-state index in [0.29, 0.717) is 35.7 Å². The number of oxazole rings is 1. The van der Waals surface area contributed by atoms with Crippen molar-refractivity contribution >= 4 is 28.9 Å². The van der Waals surface area contributed by atoms with Gasteiger partial charge in [-0.1, -0.05) is 19.3 Å². The summed E-state index contributed by atoms with van der Waals surface area (Å²) in [4.78, 5) is 36.9. The number of hydrogen-bond donors (Lipinski definition) is 2. The summed E-state index contributed by atoms with van der Waals surface area (Å²) in [5, 5.41) is 6.82. The van der Waals surface area contributed by atoms with Gasteiger partial charge in [-0.3, -0.25) is 19.8 Å². The smallest absolute Gasteiger partial charge is 0.298 e. The van der Waals surface area contributed by atoms with Crippen molar-refractivity contribution in [2.75, 3.05) is 44.2 Å². The lowest BCUT2D eigenvalue weighted by Gasteiger charge is -2.55. The van der Waals surface area contributed by atoms with Crippen molar-refractivity contribution in [2.24, 2.45) is 11.3 Å². The van der Waals surface area contributed by atoms with Gasteiger partial charge < -0.3 is 19.5 Å². The number of piperazine rings is 1. The van der Waals surface area contributed by atoms with Gasteiger partial charge >= 0.3 is 0 Å². The molecule has 2 aromatic rings. The van der Waals surface area contributed by atoms with Gasteiger partial charge in [0.25, 0.3) is 11.9 Å². The molecule has 5 aliphatic rings. The van der Waals surface area contributed by atoms with Crippen molar-refractivity contribution in [1.29, 1.82) is 0 Å². The maximum atomic E-state index is 13.3. The number of benzene rings is 1. The molecule has 0 radical (unpaired) electrons. The predicted octanol–water partition coefficient (Wildman–Crippen LogP) is 2.14. The average Bonchev–Trinajstić information content (AvgIpc) is 3.25. The van der Waals surface area contributed by atoms with Crippen molar-refractivity contribution in [1.82, 2.24) is 25.4 Å². The maximum absolute atomic E-state index is 13.3. The number of hydrogen-bond acceptors (Lipinski definition) is 7. The average molecular weight is 479 g/mol. The molecule has 3 aliphatic heterocycles. The Hall–Kier alpha value is -2.65. The topological polar surface area (TPSA) is 94.0 Å². The molecular weight excluding hydrogens is 444 g/mol. The molecule has 1 aromatic heterocycles. The van der Waals surface area contributed by atoms with Gasteiger partial charge in [-0.2, -0.15) is 4.98 Å². The SMILES string of the molecule is O=C1NC(N2CCN(C(=O)c3ccc4nc(N5CC6(CCC6)C5)oc4c3)CC2)NC2CCCCC12.